The van der Waals surface area contributed by atoms with Gasteiger partial charge in [-0.05, 0) is 103 Å². The summed E-state index contributed by atoms with van der Waals surface area (Å²) in [6.07, 6.45) is 0. The molecule has 0 amide bonds. The van der Waals surface area contributed by atoms with E-state index in [9.17, 15) is 0 Å². The van der Waals surface area contributed by atoms with Gasteiger partial charge in [-0.15, -0.1) is 0 Å². The summed E-state index contributed by atoms with van der Waals surface area (Å²) in [4.78, 5) is 9.76. The Morgan fingerprint density at radius 2 is 1.02 bits per heavy atom. The maximum atomic E-state index is 6.03. The van der Waals surface area contributed by atoms with E-state index in [0.717, 1.165) is 44.5 Å². The second-order valence-corrected chi connectivity index (χ2v) is 12.3. The van der Waals surface area contributed by atoms with Gasteiger partial charge in [-0.1, -0.05) is 97.1 Å². The largest absolute Gasteiger partial charge is 0.436 e. The van der Waals surface area contributed by atoms with Gasteiger partial charge in [-0.2, -0.15) is 0 Å². The normalized spacial score (nSPS) is 11.9. The lowest BCUT2D eigenvalue weighted by Crippen LogP contribution is -1.93. The van der Waals surface area contributed by atoms with Crippen molar-refractivity contribution in [3.8, 4) is 34.0 Å². The first kappa shape index (κ1) is 26.0. The molecule has 0 atom stereocenters. The van der Waals surface area contributed by atoms with Crippen LogP contribution in [0.15, 0.2) is 150 Å². The summed E-state index contributed by atoms with van der Waals surface area (Å²) in [7, 11) is 2.11. The molecule has 0 saturated heterocycles. The summed E-state index contributed by atoms with van der Waals surface area (Å²) in [6.45, 7) is 0. The summed E-state index contributed by atoms with van der Waals surface area (Å²) in [5, 5.41) is 9.83. The predicted octanol–water partition coefficient (Wildman–Crippen LogP) is 11.3. The quantitative estimate of drug-likeness (QED) is 0.189. The average molecular weight is 602 g/mol. The van der Waals surface area contributed by atoms with Gasteiger partial charge in [0.1, 0.15) is 11.3 Å². The van der Waals surface area contributed by atoms with Gasteiger partial charge in [0.15, 0.2) is 5.58 Å². The van der Waals surface area contributed by atoms with Gasteiger partial charge in [0, 0.05) is 18.2 Å². The van der Waals surface area contributed by atoms with Gasteiger partial charge in [0.2, 0.25) is 5.89 Å². The molecule has 220 valence electrons. The summed E-state index contributed by atoms with van der Waals surface area (Å²) < 4.78 is 8.25. The SMILES string of the molecule is Cn1c(-c2ccc3c(ccc4ccccc43)c2)nc2ccc(-c3ccc4c(ccc5cc(-c6nc7ccccc7o6)ccc54)c3)cc21. The molecule has 2 heterocycles. The molecule has 0 saturated carbocycles. The number of rotatable bonds is 3. The van der Waals surface area contributed by atoms with Gasteiger partial charge in [-0.3, -0.25) is 0 Å². The second kappa shape index (κ2) is 9.87. The maximum absolute atomic E-state index is 6.03. The van der Waals surface area contributed by atoms with Crippen LogP contribution in [-0.4, -0.2) is 14.5 Å². The second-order valence-electron chi connectivity index (χ2n) is 12.3. The van der Waals surface area contributed by atoms with Crippen molar-refractivity contribution in [3.63, 3.8) is 0 Å². The standard InChI is InChI=1S/C43H27N3O/c1-46-40-25-28(17-21-38(40)44-42(46)32-15-19-35-30(23-32)11-10-26-6-2-3-7-34(26)35)27-14-18-36-29(22-27)12-13-31-24-33(16-20-37(31)36)43-45-39-8-4-5-9-41(39)47-43/h2-25H,1H3. The molecule has 0 bridgehead atoms. The van der Waals surface area contributed by atoms with Crippen molar-refractivity contribution >= 4 is 65.2 Å². The van der Waals surface area contributed by atoms with Gasteiger partial charge < -0.3 is 8.98 Å². The van der Waals surface area contributed by atoms with Crippen molar-refractivity contribution in [2.75, 3.05) is 0 Å². The summed E-state index contributed by atoms with van der Waals surface area (Å²) in [5.41, 5.74) is 8.23. The third-order valence-corrected chi connectivity index (χ3v) is 9.59. The number of fused-ring (bicyclic) bond motifs is 8. The Morgan fingerprint density at radius 3 is 1.81 bits per heavy atom. The fourth-order valence-electron chi connectivity index (χ4n) is 7.16. The number of hydrogen-bond acceptors (Lipinski definition) is 3. The van der Waals surface area contributed by atoms with Crippen LogP contribution in [0.3, 0.4) is 0 Å². The lowest BCUT2D eigenvalue weighted by Gasteiger charge is -2.09. The highest BCUT2D eigenvalue weighted by Gasteiger charge is 2.14. The first-order chi connectivity index (χ1) is 23.2. The lowest BCUT2D eigenvalue weighted by atomic mass is 9.96. The molecule has 2 aromatic heterocycles. The third-order valence-electron chi connectivity index (χ3n) is 9.59. The van der Waals surface area contributed by atoms with Crippen LogP contribution < -0.4 is 0 Å². The number of para-hydroxylation sites is 2. The van der Waals surface area contributed by atoms with Crippen LogP contribution in [0.2, 0.25) is 0 Å². The zero-order chi connectivity index (χ0) is 31.1. The van der Waals surface area contributed by atoms with Crippen molar-refractivity contribution in [2.24, 2.45) is 7.05 Å². The molecular formula is C43H27N3O. The zero-order valence-electron chi connectivity index (χ0n) is 25.6. The van der Waals surface area contributed by atoms with E-state index in [2.05, 4.69) is 133 Å². The molecule has 0 fully saturated rings. The minimum atomic E-state index is 0.645. The predicted molar refractivity (Wildman–Crippen MR) is 195 cm³/mol. The average Bonchev–Trinajstić information content (AvgIpc) is 3.71. The van der Waals surface area contributed by atoms with Crippen LogP contribution in [-0.2, 0) is 7.05 Å². The molecule has 0 aliphatic heterocycles. The number of hydrogen-bond donors (Lipinski definition) is 0. The Kier molecular flexibility index (Phi) is 5.46. The molecule has 0 radical (unpaired) electrons. The molecule has 47 heavy (non-hydrogen) atoms. The monoisotopic (exact) mass is 601 g/mol. The van der Waals surface area contributed by atoms with Crippen molar-refractivity contribution in [1.29, 1.82) is 0 Å². The van der Waals surface area contributed by atoms with Crippen LogP contribution in [0, 0.1) is 0 Å². The van der Waals surface area contributed by atoms with Crippen molar-refractivity contribution in [2.45, 2.75) is 0 Å². The highest BCUT2D eigenvalue weighted by atomic mass is 16.3. The van der Waals surface area contributed by atoms with Gasteiger partial charge >= 0.3 is 0 Å². The van der Waals surface area contributed by atoms with E-state index >= 15 is 0 Å². The molecule has 0 aliphatic carbocycles. The Hall–Kier alpha value is -6.26. The van der Waals surface area contributed by atoms with Crippen LogP contribution >= 0.6 is 0 Å². The van der Waals surface area contributed by atoms with Crippen LogP contribution in [0.4, 0.5) is 0 Å². The number of imidazole rings is 1. The number of oxazole rings is 1. The molecular weight excluding hydrogens is 574 g/mol. The van der Waals surface area contributed by atoms with E-state index in [0.29, 0.717) is 5.89 Å². The van der Waals surface area contributed by atoms with E-state index in [-0.39, 0.29) is 0 Å². The molecule has 4 heteroatoms. The molecule has 10 rings (SSSR count). The summed E-state index contributed by atoms with van der Waals surface area (Å²) in [6, 6.07) is 51.7. The molecule has 0 N–H and O–H groups in total. The molecule has 0 spiro atoms. The highest BCUT2D eigenvalue weighted by molar-refractivity contribution is 6.10. The Morgan fingerprint density at radius 1 is 0.447 bits per heavy atom. The third kappa shape index (κ3) is 4.08. The van der Waals surface area contributed by atoms with Crippen molar-refractivity contribution in [1.82, 2.24) is 14.5 Å². The molecule has 0 aliphatic rings. The fourth-order valence-corrected chi connectivity index (χ4v) is 7.16. The first-order valence-electron chi connectivity index (χ1n) is 15.9. The van der Waals surface area contributed by atoms with E-state index in [1.165, 1.54) is 48.8 Å². The number of aryl methyl sites for hydroxylation is 1. The molecule has 10 aromatic rings. The minimum Gasteiger partial charge on any atom is -0.436 e. The van der Waals surface area contributed by atoms with E-state index in [1.54, 1.807) is 0 Å². The topological polar surface area (TPSA) is 43.9 Å². The lowest BCUT2D eigenvalue weighted by molar-refractivity contribution is 0.620. The fraction of sp³-hybridized carbons (Fsp3) is 0.0233. The molecule has 0 unspecified atom stereocenters. The van der Waals surface area contributed by atoms with Crippen LogP contribution in [0.1, 0.15) is 0 Å². The highest BCUT2D eigenvalue weighted by Crippen LogP contribution is 2.35. The maximum Gasteiger partial charge on any atom is 0.227 e. The van der Waals surface area contributed by atoms with Crippen LogP contribution in [0.25, 0.3) is 99.2 Å². The number of benzene rings is 8. The summed E-state index contributed by atoms with van der Waals surface area (Å²) >= 11 is 0. The van der Waals surface area contributed by atoms with Crippen molar-refractivity contribution in [3.05, 3.63) is 146 Å². The molecule has 8 aromatic carbocycles. The minimum absolute atomic E-state index is 0.645. The first-order valence-corrected chi connectivity index (χ1v) is 15.9. The number of aromatic nitrogens is 3. The Bertz CT molecular complexity index is 2840. The Balaban J connectivity index is 1.01. The van der Waals surface area contributed by atoms with Crippen LogP contribution in [0.5, 0.6) is 0 Å². The molecule has 4 nitrogen and oxygen atoms in total. The summed E-state index contributed by atoms with van der Waals surface area (Å²) in [5.74, 6) is 1.61. The van der Waals surface area contributed by atoms with Gasteiger partial charge in [0.25, 0.3) is 0 Å². The van der Waals surface area contributed by atoms with E-state index in [1.807, 2.05) is 24.3 Å². The van der Waals surface area contributed by atoms with Gasteiger partial charge in [-0.25, -0.2) is 9.97 Å². The van der Waals surface area contributed by atoms with Gasteiger partial charge in [0.05, 0.1) is 11.0 Å². The zero-order valence-corrected chi connectivity index (χ0v) is 25.6. The smallest absolute Gasteiger partial charge is 0.227 e. The number of nitrogens with zero attached hydrogens (tertiary/aromatic N) is 3. The van der Waals surface area contributed by atoms with Crippen molar-refractivity contribution < 1.29 is 4.42 Å². The van der Waals surface area contributed by atoms with E-state index in [4.69, 9.17) is 14.4 Å². The van der Waals surface area contributed by atoms with E-state index < -0.39 is 0 Å². The Labute approximate surface area is 270 Å².